The number of benzene rings is 1. The highest BCUT2D eigenvalue weighted by atomic mass is 16.5. The van der Waals surface area contributed by atoms with Crippen molar-refractivity contribution in [2.75, 3.05) is 17.2 Å². The number of nitrogens with zero attached hydrogens (tertiary/aromatic N) is 1. The van der Waals surface area contributed by atoms with Gasteiger partial charge in [-0.25, -0.2) is 0 Å². The van der Waals surface area contributed by atoms with E-state index in [1.807, 2.05) is 12.1 Å². The van der Waals surface area contributed by atoms with Gasteiger partial charge in [0.05, 0.1) is 0 Å². The van der Waals surface area contributed by atoms with Crippen molar-refractivity contribution < 1.29 is 9.32 Å². The molecule has 2 rings (SSSR count). The number of hydrogen-bond acceptors (Lipinski definition) is 4. The molecule has 5 nitrogen and oxygen atoms in total. The van der Waals surface area contributed by atoms with Gasteiger partial charge in [0, 0.05) is 24.7 Å². The quantitative estimate of drug-likeness (QED) is 0.849. The fourth-order valence-electron chi connectivity index (χ4n) is 1.81. The number of carbonyl (C=O) groups excluding carboxylic acids is 1. The Hall–Kier alpha value is -2.30. The Bertz CT molecular complexity index is 561. The first-order valence-electron chi connectivity index (χ1n) is 6.73. The number of aryl methyl sites for hydroxylation is 2. The zero-order valence-electron chi connectivity index (χ0n) is 11.8. The Morgan fingerprint density at radius 2 is 2.05 bits per heavy atom. The lowest BCUT2D eigenvalue weighted by Gasteiger charge is -2.06. The average Bonchev–Trinajstić information content (AvgIpc) is 2.85. The molecule has 2 N–H and O–H groups in total. The Morgan fingerprint density at radius 1 is 1.30 bits per heavy atom. The van der Waals surface area contributed by atoms with Crippen molar-refractivity contribution >= 4 is 17.4 Å². The van der Waals surface area contributed by atoms with E-state index in [4.69, 9.17) is 4.52 Å². The molecule has 2 aromatic rings. The summed E-state index contributed by atoms with van der Waals surface area (Å²) < 4.78 is 4.88. The van der Waals surface area contributed by atoms with E-state index in [1.54, 1.807) is 13.0 Å². The number of aromatic nitrogens is 1. The predicted octanol–water partition coefficient (Wildman–Crippen LogP) is 2.99. The van der Waals surface area contributed by atoms with E-state index in [9.17, 15) is 4.79 Å². The minimum atomic E-state index is -0.0871. The maximum atomic E-state index is 11.7. The van der Waals surface area contributed by atoms with Crippen molar-refractivity contribution in [2.24, 2.45) is 0 Å². The summed E-state index contributed by atoms with van der Waals surface area (Å²) in [5.41, 5.74) is 2.32. The monoisotopic (exact) mass is 273 g/mol. The Balaban J connectivity index is 1.73. The van der Waals surface area contributed by atoms with Gasteiger partial charge in [-0.15, -0.1) is 0 Å². The summed E-state index contributed by atoms with van der Waals surface area (Å²) in [5.74, 6) is 1.05. The third-order valence-electron chi connectivity index (χ3n) is 2.94. The van der Waals surface area contributed by atoms with Crippen LogP contribution in [-0.4, -0.2) is 17.6 Å². The smallest absolute Gasteiger partial charge is 0.227 e. The van der Waals surface area contributed by atoms with E-state index in [2.05, 4.69) is 34.8 Å². The fourth-order valence-corrected chi connectivity index (χ4v) is 1.81. The lowest BCUT2D eigenvalue weighted by atomic mass is 10.1. The predicted molar refractivity (Wildman–Crippen MR) is 78.8 cm³/mol. The highest BCUT2D eigenvalue weighted by Crippen LogP contribution is 2.10. The van der Waals surface area contributed by atoms with Gasteiger partial charge in [-0.3, -0.25) is 4.79 Å². The van der Waals surface area contributed by atoms with Gasteiger partial charge < -0.3 is 15.2 Å². The molecule has 0 spiro atoms. The number of carbonyl (C=O) groups is 1. The van der Waals surface area contributed by atoms with Gasteiger partial charge >= 0.3 is 0 Å². The highest BCUT2D eigenvalue weighted by Gasteiger charge is 2.05. The summed E-state index contributed by atoms with van der Waals surface area (Å²) in [6.45, 7) is 4.48. The maximum absolute atomic E-state index is 11.7. The second kappa shape index (κ2) is 6.75. The van der Waals surface area contributed by atoms with Crippen molar-refractivity contribution in [3.05, 3.63) is 41.7 Å². The number of rotatable bonds is 6. The van der Waals surface area contributed by atoms with Crippen LogP contribution in [0.25, 0.3) is 0 Å². The van der Waals surface area contributed by atoms with Crippen LogP contribution in [0.15, 0.2) is 34.9 Å². The molecule has 1 aromatic carbocycles. The summed E-state index contributed by atoms with van der Waals surface area (Å²) in [6.07, 6.45) is 1.40. The molecule has 20 heavy (non-hydrogen) atoms. The molecular formula is C15H19N3O2. The Morgan fingerprint density at radius 3 is 2.65 bits per heavy atom. The van der Waals surface area contributed by atoms with E-state index in [1.165, 1.54) is 5.56 Å². The zero-order valence-corrected chi connectivity index (χ0v) is 11.8. The van der Waals surface area contributed by atoms with Gasteiger partial charge in [0.2, 0.25) is 5.91 Å². The SMILES string of the molecule is CCc1ccc(NCCC(=O)Nc2cc(C)on2)cc1. The maximum Gasteiger partial charge on any atom is 0.227 e. The number of amides is 1. The lowest BCUT2D eigenvalue weighted by Crippen LogP contribution is -2.16. The topological polar surface area (TPSA) is 67.2 Å². The molecule has 0 radical (unpaired) electrons. The normalized spacial score (nSPS) is 10.3. The van der Waals surface area contributed by atoms with E-state index in [0.29, 0.717) is 24.5 Å². The van der Waals surface area contributed by atoms with Crippen LogP contribution in [0.5, 0.6) is 0 Å². The van der Waals surface area contributed by atoms with Crippen LogP contribution in [0.4, 0.5) is 11.5 Å². The lowest BCUT2D eigenvalue weighted by molar-refractivity contribution is -0.116. The van der Waals surface area contributed by atoms with E-state index in [-0.39, 0.29) is 5.91 Å². The third kappa shape index (κ3) is 4.12. The molecule has 1 heterocycles. The molecule has 0 fully saturated rings. The van der Waals surface area contributed by atoms with Crippen molar-refractivity contribution in [1.82, 2.24) is 5.16 Å². The second-order valence-electron chi connectivity index (χ2n) is 4.60. The second-order valence-corrected chi connectivity index (χ2v) is 4.60. The number of nitrogens with one attached hydrogen (secondary N) is 2. The van der Waals surface area contributed by atoms with Crippen LogP contribution in [0.1, 0.15) is 24.7 Å². The van der Waals surface area contributed by atoms with Crippen molar-refractivity contribution in [1.29, 1.82) is 0 Å². The minimum absolute atomic E-state index is 0.0871. The summed E-state index contributed by atoms with van der Waals surface area (Å²) in [7, 11) is 0. The molecule has 1 aromatic heterocycles. The van der Waals surface area contributed by atoms with Crippen molar-refractivity contribution in [3.63, 3.8) is 0 Å². The number of hydrogen-bond donors (Lipinski definition) is 2. The molecule has 5 heteroatoms. The van der Waals surface area contributed by atoms with Crippen LogP contribution < -0.4 is 10.6 Å². The minimum Gasteiger partial charge on any atom is -0.385 e. The summed E-state index contributed by atoms with van der Waals surface area (Å²) in [6, 6.07) is 9.91. The molecule has 0 saturated heterocycles. The first-order chi connectivity index (χ1) is 9.67. The molecule has 1 amide bonds. The first-order valence-corrected chi connectivity index (χ1v) is 6.73. The first kappa shape index (κ1) is 14.1. The number of anilines is 2. The molecule has 0 aliphatic carbocycles. The van der Waals surface area contributed by atoms with Gasteiger partial charge in [0.1, 0.15) is 5.76 Å². The van der Waals surface area contributed by atoms with E-state index in [0.717, 1.165) is 12.1 Å². The zero-order chi connectivity index (χ0) is 14.4. The van der Waals surface area contributed by atoms with Gasteiger partial charge in [0.25, 0.3) is 0 Å². The van der Waals surface area contributed by atoms with Gasteiger partial charge in [-0.1, -0.05) is 24.2 Å². The van der Waals surface area contributed by atoms with Gasteiger partial charge in [0.15, 0.2) is 5.82 Å². The molecule has 0 atom stereocenters. The summed E-state index contributed by atoms with van der Waals surface area (Å²) in [5, 5.41) is 9.61. The van der Waals surface area contributed by atoms with Crippen molar-refractivity contribution in [3.8, 4) is 0 Å². The van der Waals surface area contributed by atoms with Gasteiger partial charge in [-0.2, -0.15) is 0 Å². The molecule has 106 valence electrons. The van der Waals surface area contributed by atoms with E-state index < -0.39 is 0 Å². The van der Waals surface area contributed by atoms with Crippen LogP contribution in [-0.2, 0) is 11.2 Å². The van der Waals surface area contributed by atoms with Crippen LogP contribution in [0.3, 0.4) is 0 Å². The third-order valence-corrected chi connectivity index (χ3v) is 2.94. The van der Waals surface area contributed by atoms with Crippen LogP contribution in [0, 0.1) is 6.92 Å². The summed E-state index contributed by atoms with van der Waals surface area (Å²) in [4.78, 5) is 11.7. The van der Waals surface area contributed by atoms with Crippen LogP contribution in [0.2, 0.25) is 0 Å². The highest BCUT2D eigenvalue weighted by molar-refractivity contribution is 5.89. The van der Waals surface area contributed by atoms with E-state index >= 15 is 0 Å². The molecule has 0 unspecified atom stereocenters. The molecule has 0 aliphatic heterocycles. The van der Waals surface area contributed by atoms with Gasteiger partial charge in [-0.05, 0) is 31.0 Å². The van der Waals surface area contributed by atoms with Crippen molar-refractivity contribution in [2.45, 2.75) is 26.7 Å². The Labute approximate surface area is 118 Å². The molecule has 0 bridgehead atoms. The molecule has 0 saturated carbocycles. The Kier molecular flexibility index (Phi) is 4.76. The molecule has 0 aliphatic rings. The standard InChI is InChI=1S/C15H19N3O2/c1-3-12-4-6-13(7-5-12)16-9-8-15(19)17-14-10-11(2)20-18-14/h4-7,10,16H,3,8-9H2,1-2H3,(H,17,18,19). The fraction of sp³-hybridized carbons (Fsp3) is 0.333. The average molecular weight is 273 g/mol. The molecular weight excluding hydrogens is 254 g/mol. The van der Waals surface area contributed by atoms with Crippen LogP contribution >= 0.6 is 0 Å². The summed E-state index contributed by atoms with van der Waals surface area (Å²) >= 11 is 0. The largest absolute Gasteiger partial charge is 0.385 e.